The largest absolute Gasteiger partial charge is 0.374 e. The standard InChI is InChI=1S/C12H20O2/c1-11(6-5-9-13)14-10-12-7-3-2-4-8-12/h5-6,9,11-12H,2-4,7-8,10H2,1H3/b6-5+. The highest BCUT2D eigenvalue weighted by atomic mass is 16.5. The summed E-state index contributed by atoms with van der Waals surface area (Å²) in [5.74, 6) is 0.746. The van der Waals surface area contributed by atoms with Crippen molar-refractivity contribution in [1.82, 2.24) is 0 Å². The van der Waals surface area contributed by atoms with E-state index in [2.05, 4.69) is 0 Å². The summed E-state index contributed by atoms with van der Waals surface area (Å²) in [4.78, 5) is 10.1. The van der Waals surface area contributed by atoms with E-state index >= 15 is 0 Å². The number of ether oxygens (including phenoxy) is 1. The molecule has 0 aromatic rings. The topological polar surface area (TPSA) is 26.3 Å². The molecule has 0 saturated heterocycles. The van der Waals surface area contributed by atoms with Crippen molar-refractivity contribution < 1.29 is 9.53 Å². The molecule has 0 amide bonds. The Balaban J connectivity index is 2.11. The second-order valence-corrected chi connectivity index (χ2v) is 4.06. The van der Waals surface area contributed by atoms with Gasteiger partial charge in [-0.3, -0.25) is 4.79 Å². The van der Waals surface area contributed by atoms with Crippen molar-refractivity contribution >= 4 is 6.29 Å². The second kappa shape index (κ2) is 6.77. The number of allylic oxidation sites excluding steroid dienone is 1. The lowest BCUT2D eigenvalue weighted by atomic mass is 9.90. The summed E-state index contributed by atoms with van der Waals surface area (Å²) < 4.78 is 5.64. The zero-order chi connectivity index (χ0) is 10.2. The minimum atomic E-state index is 0.0714. The molecule has 1 atom stereocenters. The van der Waals surface area contributed by atoms with Gasteiger partial charge in [-0.05, 0) is 31.8 Å². The third-order valence-electron chi connectivity index (χ3n) is 2.78. The Morgan fingerprint density at radius 3 is 2.71 bits per heavy atom. The van der Waals surface area contributed by atoms with E-state index in [9.17, 15) is 4.79 Å². The molecule has 0 aliphatic heterocycles. The molecule has 0 radical (unpaired) electrons. The van der Waals surface area contributed by atoms with Gasteiger partial charge < -0.3 is 4.74 Å². The lowest BCUT2D eigenvalue weighted by Gasteiger charge is -2.22. The monoisotopic (exact) mass is 196 g/mol. The predicted molar refractivity (Wildman–Crippen MR) is 57.2 cm³/mol. The molecule has 2 heteroatoms. The SMILES string of the molecule is CC(/C=C/C=O)OCC1CCCCC1. The molecule has 1 fully saturated rings. The summed E-state index contributed by atoms with van der Waals surface area (Å²) in [5.41, 5.74) is 0. The Morgan fingerprint density at radius 2 is 2.07 bits per heavy atom. The van der Waals surface area contributed by atoms with Crippen molar-refractivity contribution in [2.75, 3.05) is 6.61 Å². The molecule has 0 bridgehead atoms. The van der Waals surface area contributed by atoms with Crippen molar-refractivity contribution in [2.45, 2.75) is 45.1 Å². The molecule has 1 rings (SSSR count). The zero-order valence-corrected chi connectivity index (χ0v) is 8.95. The van der Waals surface area contributed by atoms with E-state index in [1.807, 2.05) is 6.92 Å². The molecular weight excluding hydrogens is 176 g/mol. The van der Waals surface area contributed by atoms with Gasteiger partial charge in [-0.1, -0.05) is 25.3 Å². The van der Waals surface area contributed by atoms with Gasteiger partial charge in [-0.2, -0.15) is 0 Å². The van der Waals surface area contributed by atoms with Crippen molar-refractivity contribution in [2.24, 2.45) is 5.92 Å². The lowest BCUT2D eigenvalue weighted by molar-refractivity contribution is -0.104. The molecule has 0 aromatic heterocycles. The molecule has 0 N–H and O–H groups in total. The molecule has 0 spiro atoms. The van der Waals surface area contributed by atoms with Crippen molar-refractivity contribution in [3.8, 4) is 0 Å². The molecule has 14 heavy (non-hydrogen) atoms. The van der Waals surface area contributed by atoms with Gasteiger partial charge in [0.25, 0.3) is 0 Å². The maximum atomic E-state index is 10.1. The maximum Gasteiger partial charge on any atom is 0.142 e. The molecule has 0 heterocycles. The molecule has 80 valence electrons. The van der Waals surface area contributed by atoms with Crippen molar-refractivity contribution in [3.05, 3.63) is 12.2 Å². The average Bonchev–Trinajstić information content (AvgIpc) is 2.25. The zero-order valence-electron chi connectivity index (χ0n) is 8.95. The Labute approximate surface area is 86.3 Å². The summed E-state index contributed by atoms with van der Waals surface area (Å²) in [5, 5.41) is 0. The van der Waals surface area contributed by atoms with Crippen molar-refractivity contribution in [3.63, 3.8) is 0 Å². The summed E-state index contributed by atoms with van der Waals surface area (Å²) in [7, 11) is 0. The van der Waals surface area contributed by atoms with Crippen LogP contribution in [-0.4, -0.2) is 19.0 Å². The number of hydrogen-bond donors (Lipinski definition) is 0. The fourth-order valence-corrected chi connectivity index (χ4v) is 1.90. The summed E-state index contributed by atoms with van der Waals surface area (Å²) in [6.07, 6.45) is 10.9. The second-order valence-electron chi connectivity index (χ2n) is 4.06. The van der Waals surface area contributed by atoms with Crippen LogP contribution >= 0.6 is 0 Å². The van der Waals surface area contributed by atoms with E-state index in [1.165, 1.54) is 38.2 Å². The van der Waals surface area contributed by atoms with Crippen LogP contribution in [-0.2, 0) is 9.53 Å². The van der Waals surface area contributed by atoms with Gasteiger partial charge in [0.05, 0.1) is 12.7 Å². The van der Waals surface area contributed by atoms with Crippen LogP contribution in [0.15, 0.2) is 12.2 Å². The van der Waals surface area contributed by atoms with E-state index in [0.717, 1.165) is 18.8 Å². The first kappa shape index (κ1) is 11.4. The van der Waals surface area contributed by atoms with E-state index < -0.39 is 0 Å². The number of hydrogen-bond acceptors (Lipinski definition) is 2. The highest BCUT2D eigenvalue weighted by molar-refractivity contribution is 5.64. The van der Waals surface area contributed by atoms with Crippen LogP contribution in [0.5, 0.6) is 0 Å². The summed E-state index contributed by atoms with van der Waals surface area (Å²) >= 11 is 0. The van der Waals surface area contributed by atoms with Crippen LogP contribution in [0.2, 0.25) is 0 Å². The van der Waals surface area contributed by atoms with E-state index in [0.29, 0.717) is 0 Å². The molecule has 1 saturated carbocycles. The van der Waals surface area contributed by atoms with Gasteiger partial charge >= 0.3 is 0 Å². The van der Waals surface area contributed by atoms with Gasteiger partial charge in [0.1, 0.15) is 6.29 Å². The van der Waals surface area contributed by atoms with Crippen LogP contribution < -0.4 is 0 Å². The van der Waals surface area contributed by atoms with Crippen LogP contribution in [0, 0.1) is 5.92 Å². The number of carbonyl (C=O) groups is 1. The van der Waals surface area contributed by atoms with E-state index in [-0.39, 0.29) is 6.10 Å². The van der Waals surface area contributed by atoms with Gasteiger partial charge in [0, 0.05) is 0 Å². The maximum absolute atomic E-state index is 10.1. The number of aldehydes is 1. The van der Waals surface area contributed by atoms with Gasteiger partial charge in [0.2, 0.25) is 0 Å². The number of carbonyl (C=O) groups excluding carboxylic acids is 1. The molecule has 2 nitrogen and oxygen atoms in total. The summed E-state index contributed by atoms with van der Waals surface area (Å²) in [6, 6.07) is 0. The van der Waals surface area contributed by atoms with Crippen LogP contribution in [0.4, 0.5) is 0 Å². The van der Waals surface area contributed by atoms with E-state index in [4.69, 9.17) is 4.74 Å². The third-order valence-corrected chi connectivity index (χ3v) is 2.78. The van der Waals surface area contributed by atoms with Crippen LogP contribution in [0.3, 0.4) is 0 Å². The Kier molecular flexibility index (Phi) is 5.53. The first-order valence-electron chi connectivity index (χ1n) is 5.56. The molecule has 1 unspecified atom stereocenters. The lowest BCUT2D eigenvalue weighted by Crippen LogP contribution is -2.16. The third kappa shape index (κ3) is 4.56. The minimum absolute atomic E-state index is 0.0714. The fourth-order valence-electron chi connectivity index (χ4n) is 1.90. The van der Waals surface area contributed by atoms with Gasteiger partial charge in [-0.25, -0.2) is 0 Å². The predicted octanol–water partition coefficient (Wildman–Crippen LogP) is 2.73. The van der Waals surface area contributed by atoms with Gasteiger partial charge in [-0.15, -0.1) is 0 Å². The van der Waals surface area contributed by atoms with Crippen LogP contribution in [0.1, 0.15) is 39.0 Å². The average molecular weight is 196 g/mol. The Bertz CT molecular complexity index is 181. The molecule has 1 aliphatic carbocycles. The summed E-state index contributed by atoms with van der Waals surface area (Å²) in [6.45, 7) is 2.83. The quantitative estimate of drug-likeness (QED) is 0.499. The normalized spacial score (nSPS) is 21.2. The minimum Gasteiger partial charge on any atom is -0.374 e. The molecule has 0 aromatic carbocycles. The van der Waals surface area contributed by atoms with E-state index in [1.54, 1.807) is 6.08 Å². The van der Waals surface area contributed by atoms with Gasteiger partial charge in [0.15, 0.2) is 0 Å². The van der Waals surface area contributed by atoms with Crippen molar-refractivity contribution in [1.29, 1.82) is 0 Å². The number of rotatable bonds is 5. The highest BCUT2D eigenvalue weighted by Crippen LogP contribution is 2.23. The highest BCUT2D eigenvalue weighted by Gasteiger charge is 2.13. The Hall–Kier alpha value is -0.630. The smallest absolute Gasteiger partial charge is 0.142 e. The first-order valence-corrected chi connectivity index (χ1v) is 5.56. The fraction of sp³-hybridized carbons (Fsp3) is 0.750. The molecular formula is C12H20O2. The first-order chi connectivity index (χ1) is 6.83. The Morgan fingerprint density at radius 1 is 1.36 bits per heavy atom. The van der Waals surface area contributed by atoms with Crippen LogP contribution in [0.25, 0.3) is 0 Å². The molecule has 1 aliphatic rings.